The Morgan fingerprint density at radius 1 is 0.731 bits per heavy atom. The van der Waals surface area contributed by atoms with Crippen molar-refractivity contribution < 1.29 is 0 Å². The van der Waals surface area contributed by atoms with E-state index in [9.17, 15) is 0 Å². The van der Waals surface area contributed by atoms with Crippen LogP contribution in [-0.4, -0.2) is 47.8 Å². The lowest BCUT2D eigenvalue weighted by Gasteiger charge is -2.20. The number of rotatable bonds is 6. The molecule has 0 aliphatic heterocycles. The first-order chi connectivity index (χ1) is 12.7. The molecule has 0 amide bonds. The molecule has 0 radical (unpaired) electrons. The summed E-state index contributed by atoms with van der Waals surface area (Å²) in [5.74, 6) is 0.990. The molecule has 4 heteroatoms. The maximum atomic E-state index is 3.24. The molecular formula is C22H46N4. The third kappa shape index (κ3) is 21.1. The topological polar surface area (TPSA) is 48.1 Å². The van der Waals surface area contributed by atoms with Gasteiger partial charge in [-0.05, 0) is 72.1 Å². The molecule has 1 fully saturated rings. The molecule has 1 aliphatic carbocycles. The minimum Gasteiger partial charge on any atom is -0.320 e. The van der Waals surface area contributed by atoms with Crippen molar-refractivity contribution in [2.45, 2.75) is 52.5 Å². The van der Waals surface area contributed by atoms with E-state index in [1.165, 1.54) is 44.2 Å². The van der Waals surface area contributed by atoms with Crippen LogP contribution in [0.5, 0.6) is 0 Å². The van der Waals surface area contributed by atoms with E-state index in [1.54, 1.807) is 0 Å². The number of nitrogens with one attached hydrogen (secondary N) is 4. The van der Waals surface area contributed by atoms with Crippen molar-refractivity contribution in [3.8, 4) is 0 Å². The fourth-order valence-corrected chi connectivity index (χ4v) is 2.48. The quantitative estimate of drug-likeness (QED) is 0.621. The van der Waals surface area contributed by atoms with Gasteiger partial charge in [-0.2, -0.15) is 0 Å². The van der Waals surface area contributed by atoms with Gasteiger partial charge in [0.25, 0.3) is 0 Å². The first-order valence-electron chi connectivity index (χ1n) is 10.3. The first-order valence-corrected chi connectivity index (χ1v) is 10.3. The standard InChI is InChI=1S/C8H17N.C8H11N.2C3H9N/c2*1-9-7-8-5-3-2-4-6-8;2*1-3-4-2/h8-9H,2-7H2,1H3;2-6,9H,7H2,1H3;2*4H,3H2,1-2H3. The van der Waals surface area contributed by atoms with E-state index < -0.39 is 0 Å². The molecular weight excluding hydrogens is 320 g/mol. The summed E-state index contributed by atoms with van der Waals surface area (Å²) in [7, 11) is 7.86. The second kappa shape index (κ2) is 24.1. The molecule has 0 heterocycles. The zero-order valence-electron chi connectivity index (χ0n) is 18.3. The Labute approximate surface area is 163 Å². The van der Waals surface area contributed by atoms with Crippen molar-refractivity contribution in [3.63, 3.8) is 0 Å². The van der Waals surface area contributed by atoms with Crippen molar-refractivity contribution in [1.82, 2.24) is 21.3 Å². The van der Waals surface area contributed by atoms with Gasteiger partial charge < -0.3 is 21.3 Å². The van der Waals surface area contributed by atoms with Crippen LogP contribution in [0.15, 0.2) is 30.3 Å². The molecule has 1 aromatic carbocycles. The third-order valence-corrected chi connectivity index (χ3v) is 4.15. The summed E-state index contributed by atoms with van der Waals surface area (Å²) in [4.78, 5) is 0. The molecule has 0 bridgehead atoms. The van der Waals surface area contributed by atoms with Crippen molar-refractivity contribution >= 4 is 0 Å². The highest BCUT2D eigenvalue weighted by Crippen LogP contribution is 2.22. The predicted molar refractivity (Wildman–Crippen MR) is 119 cm³/mol. The highest BCUT2D eigenvalue weighted by Gasteiger charge is 2.11. The Bertz CT molecular complexity index is 327. The molecule has 0 aromatic heterocycles. The summed E-state index contributed by atoms with van der Waals surface area (Å²) in [6.45, 7) is 8.47. The summed E-state index contributed by atoms with van der Waals surface area (Å²) in [6.07, 6.45) is 7.32. The molecule has 0 spiro atoms. The van der Waals surface area contributed by atoms with Gasteiger partial charge in [0.05, 0.1) is 0 Å². The maximum absolute atomic E-state index is 3.24. The van der Waals surface area contributed by atoms with Crippen LogP contribution >= 0.6 is 0 Å². The zero-order valence-corrected chi connectivity index (χ0v) is 18.3. The van der Waals surface area contributed by atoms with Crippen molar-refractivity contribution in [2.75, 3.05) is 47.8 Å². The van der Waals surface area contributed by atoms with Crippen LogP contribution in [0.1, 0.15) is 51.5 Å². The summed E-state index contributed by atoms with van der Waals surface area (Å²) in [6, 6.07) is 10.3. The maximum Gasteiger partial charge on any atom is 0.0202 e. The Morgan fingerprint density at radius 3 is 1.62 bits per heavy atom. The fourth-order valence-electron chi connectivity index (χ4n) is 2.48. The highest BCUT2D eigenvalue weighted by molar-refractivity contribution is 5.13. The fraction of sp³-hybridized carbons (Fsp3) is 0.727. The molecule has 4 nitrogen and oxygen atoms in total. The lowest BCUT2D eigenvalue weighted by Crippen LogP contribution is -2.20. The van der Waals surface area contributed by atoms with E-state index in [0.29, 0.717) is 0 Å². The molecule has 0 atom stereocenters. The van der Waals surface area contributed by atoms with Crippen molar-refractivity contribution in [2.24, 2.45) is 5.92 Å². The van der Waals surface area contributed by atoms with Gasteiger partial charge in [-0.25, -0.2) is 0 Å². The SMILES string of the molecule is CCNC.CCNC.CNCC1CCCCC1.CNCc1ccccc1. The Balaban J connectivity index is 0. The smallest absolute Gasteiger partial charge is 0.0202 e. The van der Waals surface area contributed by atoms with Gasteiger partial charge in [0.2, 0.25) is 0 Å². The van der Waals surface area contributed by atoms with E-state index in [0.717, 1.165) is 25.6 Å². The van der Waals surface area contributed by atoms with Gasteiger partial charge >= 0.3 is 0 Å². The van der Waals surface area contributed by atoms with Crippen LogP contribution in [0.2, 0.25) is 0 Å². The van der Waals surface area contributed by atoms with Crippen LogP contribution < -0.4 is 21.3 Å². The van der Waals surface area contributed by atoms with Gasteiger partial charge in [-0.3, -0.25) is 0 Å². The zero-order chi connectivity index (χ0) is 19.9. The predicted octanol–water partition coefficient (Wildman–Crippen LogP) is 3.64. The van der Waals surface area contributed by atoms with E-state index in [-0.39, 0.29) is 0 Å². The number of benzene rings is 1. The molecule has 1 aromatic rings. The lowest BCUT2D eigenvalue weighted by atomic mass is 9.89. The molecule has 0 saturated heterocycles. The molecule has 4 N–H and O–H groups in total. The highest BCUT2D eigenvalue weighted by atomic mass is 14.8. The number of hydrogen-bond acceptors (Lipinski definition) is 4. The summed E-state index contributed by atoms with van der Waals surface area (Å²) in [5.41, 5.74) is 1.33. The summed E-state index contributed by atoms with van der Waals surface area (Å²) in [5, 5.41) is 12.2. The first kappa shape index (κ1) is 27.3. The van der Waals surface area contributed by atoms with E-state index in [2.05, 4.69) is 54.3 Å². The number of hydrogen-bond donors (Lipinski definition) is 4. The summed E-state index contributed by atoms with van der Waals surface area (Å²) >= 11 is 0. The van der Waals surface area contributed by atoms with Gasteiger partial charge in [0.1, 0.15) is 0 Å². The second-order valence-electron chi connectivity index (χ2n) is 6.49. The van der Waals surface area contributed by atoms with E-state index in [1.807, 2.05) is 39.3 Å². The second-order valence-corrected chi connectivity index (χ2v) is 6.49. The monoisotopic (exact) mass is 366 g/mol. The largest absolute Gasteiger partial charge is 0.320 e. The van der Waals surface area contributed by atoms with Crippen LogP contribution in [0, 0.1) is 5.92 Å². The third-order valence-electron chi connectivity index (χ3n) is 4.15. The average molecular weight is 367 g/mol. The van der Waals surface area contributed by atoms with Gasteiger partial charge in [-0.15, -0.1) is 0 Å². The Morgan fingerprint density at radius 2 is 1.23 bits per heavy atom. The van der Waals surface area contributed by atoms with Gasteiger partial charge in [0, 0.05) is 6.54 Å². The molecule has 154 valence electrons. The molecule has 26 heavy (non-hydrogen) atoms. The van der Waals surface area contributed by atoms with E-state index in [4.69, 9.17) is 0 Å². The minimum atomic E-state index is 0.959. The van der Waals surface area contributed by atoms with Gasteiger partial charge in [0.15, 0.2) is 0 Å². The van der Waals surface area contributed by atoms with Crippen molar-refractivity contribution in [1.29, 1.82) is 0 Å². The Kier molecular flexibility index (Phi) is 25.2. The summed E-state index contributed by atoms with van der Waals surface area (Å²) < 4.78 is 0. The van der Waals surface area contributed by atoms with Crippen LogP contribution in [0.3, 0.4) is 0 Å². The van der Waals surface area contributed by atoms with Crippen LogP contribution in [0.25, 0.3) is 0 Å². The molecule has 1 saturated carbocycles. The van der Waals surface area contributed by atoms with Crippen molar-refractivity contribution in [3.05, 3.63) is 35.9 Å². The normalized spacial score (nSPS) is 13.3. The molecule has 0 unspecified atom stereocenters. The van der Waals surface area contributed by atoms with Gasteiger partial charge in [-0.1, -0.05) is 63.4 Å². The molecule has 1 aliphatic rings. The minimum absolute atomic E-state index is 0.959. The van der Waals surface area contributed by atoms with Crippen LogP contribution in [0.4, 0.5) is 0 Å². The van der Waals surface area contributed by atoms with E-state index >= 15 is 0 Å². The lowest BCUT2D eigenvalue weighted by molar-refractivity contribution is 0.350. The van der Waals surface area contributed by atoms with Crippen LogP contribution in [-0.2, 0) is 6.54 Å². The average Bonchev–Trinajstić information content (AvgIpc) is 2.71. The molecule has 2 rings (SSSR count). The Hall–Kier alpha value is -0.940.